The van der Waals surface area contributed by atoms with E-state index in [9.17, 15) is 4.79 Å². The molecule has 0 atom stereocenters. The van der Waals surface area contributed by atoms with Crippen LogP contribution in [0.15, 0.2) is 0 Å². The quantitative estimate of drug-likeness (QED) is 0.584. The van der Waals surface area contributed by atoms with E-state index in [-0.39, 0.29) is 11.0 Å². The van der Waals surface area contributed by atoms with Crippen molar-refractivity contribution in [1.29, 1.82) is 0 Å². The Morgan fingerprint density at radius 1 is 1.10 bits per heavy atom. The molecule has 0 heterocycles. The zero-order chi connectivity index (χ0) is 8.41. The number of amides is 1. The van der Waals surface area contributed by atoms with Gasteiger partial charge in [0.15, 0.2) is 0 Å². The topological polar surface area (TPSA) is 29.1 Å². The summed E-state index contributed by atoms with van der Waals surface area (Å²) in [6.07, 6.45) is 0.755. The lowest BCUT2D eigenvalue weighted by Gasteiger charge is -2.38. The fraction of sp³-hybridized carbons (Fsp3) is 0.875. The minimum Gasteiger partial charge on any atom is -0.353 e. The molecule has 0 rings (SSSR count). The first-order valence-electron chi connectivity index (χ1n) is 3.52. The van der Waals surface area contributed by atoms with Crippen LogP contribution in [0.5, 0.6) is 0 Å². The molecule has 0 spiro atoms. The van der Waals surface area contributed by atoms with E-state index in [1.165, 1.54) is 0 Å². The molecule has 0 aromatic heterocycles. The second-order valence-corrected chi connectivity index (χ2v) is 4.14. The molecule has 0 radical (unpaired) electrons. The molecule has 2 nitrogen and oxygen atoms in total. The van der Waals surface area contributed by atoms with Crippen LogP contribution in [0.2, 0.25) is 0 Å². The summed E-state index contributed by atoms with van der Waals surface area (Å²) in [4.78, 5) is 10.2. The monoisotopic (exact) mass is 143 g/mol. The first-order chi connectivity index (χ1) is 4.31. The number of rotatable bonds is 2. The number of hydrogen-bond acceptors (Lipinski definition) is 1. The lowest BCUT2D eigenvalue weighted by Crippen LogP contribution is -2.49. The van der Waals surface area contributed by atoms with Crippen molar-refractivity contribution in [1.82, 2.24) is 5.32 Å². The summed E-state index contributed by atoms with van der Waals surface area (Å²) < 4.78 is 0. The predicted octanol–water partition coefficient (Wildman–Crippen LogP) is 1.56. The van der Waals surface area contributed by atoms with Gasteiger partial charge in [-0.1, -0.05) is 20.8 Å². The zero-order valence-electron chi connectivity index (χ0n) is 7.49. The molecule has 0 aliphatic rings. The van der Waals surface area contributed by atoms with Crippen molar-refractivity contribution in [2.24, 2.45) is 5.41 Å². The first kappa shape index (κ1) is 9.47. The summed E-state index contributed by atoms with van der Waals surface area (Å²) in [7, 11) is 0. The molecule has 0 aromatic carbocycles. The molecular formula is C8H17NO. The van der Waals surface area contributed by atoms with Gasteiger partial charge in [0, 0.05) is 5.54 Å². The van der Waals surface area contributed by atoms with Gasteiger partial charge >= 0.3 is 0 Å². The summed E-state index contributed by atoms with van der Waals surface area (Å²) in [6.45, 7) is 10.3. The van der Waals surface area contributed by atoms with Crippen molar-refractivity contribution in [2.45, 2.75) is 40.2 Å². The molecule has 10 heavy (non-hydrogen) atoms. The van der Waals surface area contributed by atoms with Crippen LogP contribution < -0.4 is 5.32 Å². The van der Waals surface area contributed by atoms with Crippen LogP contribution in [-0.4, -0.2) is 11.9 Å². The lowest BCUT2D eigenvalue weighted by atomic mass is 9.76. The summed E-state index contributed by atoms with van der Waals surface area (Å²) in [5.41, 5.74) is -0.0251. The average molecular weight is 143 g/mol. The second-order valence-electron chi connectivity index (χ2n) is 4.14. The average Bonchev–Trinajstić information content (AvgIpc) is 1.61. The Bertz CT molecular complexity index is 122. The maximum atomic E-state index is 10.2. The molecule has 1 N–H and O–H groups in total. The minimum absolute atomic E-state index is 0.105. The van der Waals surface area contributed by atoms with Crippen molar-refractivity contribution >= 4 is 6.41 Å². The molecule has 0 saturated heterocycles. The third kappa shape index (κ3) is 2.01. The van der Waals surface area contributed by atoms with Crippen molar-refractivity contribution in [2.75, 3.05) is 0 Å². The number of carbonyl (C=O) groups is 1. The van der Waals surface area contributed by atoms with Crippen LogP contribution in [0.1, 0.15) is 34.6 Å². The molecule has 0 bridgehead atoms. The first-order valence-corrected chi connectivity index (χ1v) is 3.52. The van der Waals surface area contributed by atoms with E-state index in [0.29, 0.717) is 0 Å². The predicted molar refractivity (Wildman–Crippen MR) is 42.7 cm³/mol. The molecule has 60 valence electrons. The third-order valence-corrected chi connectivity index (χ3v) is 2.29. The molecular weight excluding hydrogens is 126 g/mol. The van der Waals surface area contributed by atoms with Gasteiger partial charge in [-0.3, -0.25) is 4.79 Å². The third-order valence-electron chi connectivity index (χ3n) is 2.29. The van der Waals surface area contributed by atoms with Crippen molar-refractivity contribution < 1.29 is 4.79 Å². The summed E-state index contributed by atoms with van der Waals surface area (Å²) in [5, 5.41) is 2.78. The van der Waals surface area contributed by atoms with E-state index < -0.39 is 0 Å². The normalized spacial score (nSPS) is 12.9. The van der Waals surface area contributed by atoms with Crippen molar-refractivity contribution in [3.8, 4) is 0 Å². The van der Waals surface area contributed by atoms with Gasteiger partial charge in [0.05, 0.1) is 0 Å². The summed E-state index contributed by atoms with van der Waals surface area (Å²) in [6, 6.07) is 0. The zero-order valence-corrected chi connectivity index (χ0v) is 7.49. The van der Waals surface area contributed by atoms with Crippen LogP contribution in [0.25, 0.3) is 0 Å². The van der Waals surface area contributed by atoms with Crippen molar-refractivity contribution in [3.63, 3.8) is 0 Å². The largest absolute Gasteiger partial charge is 0.353 e. The molecule has 0 saturated carbocycles. The Hall–Kier alpha value is -0.530. The SMILES string of the molecule is CC(C)(C)C(C)(C)NC=O. The summed E-state index contributed by atoms with van der Waals surface area (Å²) >= 11 is 0. The van der Waals surface area contributed by atoms with Crippen LogP contribution in [0.3, 0.4) is 0 Å². The highest BCUT2D eigenvalue weighted by atomic mass is 16.1. The Morgan fingerprint density at radius 3 is 1.60 bits per heavy atom. The van der Waals surface area contributed by atoms with Gasteiger partial charge in [0.25, 0.3) is 0 Å². The highest BCUT2D eigenvalue weighted by Crippen LogP contribution is 2.28. The van der Waals surface area contributed by atoms with Gasteiger partial charge in [0.2, 0.25) is 6.41 Å². The van der Waals surface area contributed by atoms with Crippen LogP contribution >= 0.6 is 0 Å². The molecule has 1 amide bonds. The van der Waals surface area contributed by atoms with Gasteiger partial charge in [-0.15, -0.1) is 0 Å². The lowest BCUT2D eigenvalue weighted by molar-refractivity contribution is -0.112. The van der Waals surface area contributed by atoms with Crippen LogP contribution in [-0.2, 0) is 4.79 Å². The van der Waals surface area contributed by atoms with Gasteiger partial charge in [-0.2, -0.15) is 0 Å². The van der Waals surface area contributed by atoms with E-state index in [2.05, 4.69) is 26.1 Å². The Balaban J connectivity index is 4.23. The molecule has 0 aliphatic carbocycles. The molecule has 0 aliphatic heterocycles. The Kier molecular flexibility index (Phi) is 2.47. The number of nitrogens with one attached hydrogen (secondary N) is 1. The fourth-order valence-electron chi connectivity index (χ4n) is 0.364. The minimum atomic E-state index is -0.130. The Morgan fingerprint density at radius 2 is 1.50 bits per heavy atom. The van der Waals surface area contributed by atoms with Gasteiger partial charge < -0.3 is 5.32 Å². The van der Waals surface area contributed by atoms with E-state index in [4.69, 9.17) is 0 Å². The van der Waals surface area contributed by atoms with E-state index >= 15 is 0 Å². The maximum Gasteiger partial charge on any atom is 0.207 e. The van der Waals surface area contributed by atoms with Gasteiger partial charge in [-0.05, 0) is 19.3 Å². The fourth-order valence-corrected chi connectivity index (χ4v) is 0.364. The number of hydrogen-bond donors (Lipinski definition) is 1. The maximum absolute atomic E-state index is 10.2. The second kappa shape index (κ2) is 2.60. The van der Waals surface area contributed by atoms with Crippen LogP contribution in [0, 0.1) is 5.41 Å². The Labute approximate surface area is 63.0 Å². The molecule has 2 heteroatoms. The van der Waals surface area contributed by atoms with Gasteiger partial charge in [0.1, 0.15) is 0 Å². The molecule has 0 aromatic rings. The smallest absolute Gasteiger partial charge is 0.207 e. The highest BCUT2D eigenvalue weighted by molar-refractivity contribution is 5.48. The molecule has 0 unspecified atom stereocenters. The number of carbonyl (C=O) groups excluding carboxylic acids is 1. The summed E-state index contributed by atoms with van der Waals surface area (Å²) in [5.74, 6) is 0. The highest BCUT2D eigenvalue weighted by Gasteiger charge is 2.31. The van der Waals surface area contributed by atoms with E-state index in [0.717, 1.165) is 6.41 Å². The van der Waals surface area contributed by atoms with Crippen LogP contribution in [0.4, 0.5) is 0 Å². The molecule has 0 fully saturated rings. The van der Waals surface area contributed by atoms with Gasteiger partial charge in [-0.25, -0.2) is 0 Å². The van der Waals surface area contributed by atoms with Crippen molar-refractivity contribution in [3.05, 3.63) is 0 Å². The standard InChI is InChI=1S/C8H17NO/c1-7(2,3)8(4,5)9-6-10/h6H,1-5H3,(H,9,10). The van der Waals surface area contributed by atoms with E-state index in [1.54, 1.807) is 0 Å². The van der Waals surface area contributed by atoms with E-state index in [1.807, 2.05) is 13.8 Å².